The maximum absolute atomic E-state index is 12.1. The van der Waals surface area contributed by atoms with Crippen LogP contribution in [0.2, 0.25) is 0 Å². The van der Waals surface area contributed by atoms with Crippen LogP contribution in [0, 0.1) is 6.92 Å². The maximum atomic E-state index is 12.1. The summed E-state index contributed by atoms with van der Waals surface area (Å²) in [4.78, 5) is 12.1. The molecular formula is C17H18O2. The molecule has 19 heavy (non-hydrogen) atoms. The number of ketones is 1. The van der Waals surface area contributed by atoms with Crippen LogP contribution in [0.5, 0.6) is 5.75 Å². The van der Waals surface area contributed by atoms with Crippen molar-refractivity contribution in [3.63, 3.8) is 0 Å². The zero-order chi connectivity index (χ0) is 13.7. The van der Waals surface area contributed by atoms with Crippen molar-refractivity contribution in [2.75, 3.05) is 6.61 Å². The minimum absolute atomic E-state index is 0.0139. The number of aryl methyl sites for hydroxylation is 2. The van der Waals surface area contributed by atoms with Crippen LogP contribution in [0.4, 0.5) is 0 Å². The maximum Gasteiger partial charge on any atom is 0.200 e. The Morgan fingerprint density at radius 2 is 1.89 bits per heavy atom. The minimum atomic E-state index is 0.0139. The molecule has 0 aliphatic heterocycles. The lowest BCUT2D eigenvalue weighted by Gasteiger charge is -2.08. The van der Waals surface area contributed by atoms with Crippen LogP contribution in [-0.4, -0.2) is 12.4 Å². The van der Waals surface area contributed by atoms with E-state index < -0.39 is 0 Å². The number of carbonyl (C=O) groups is 1. The molecule has 98 valence electrons. The van der Waals surface area contributed by atoms with Gasteiger partial charge in [0.15, 0.2) is 12.4 Å². The Bertz CT molecular complexity index is 573. The Kier molecular flexibility index (Phi) is 4.35. The first kappa shape index (κ1) is 13.3. The molecule has 2 aromatic carbocycles. The number of hydrogen-bond donors (Lipinski definition) is 0. The summed E-state index contributed by atoms with van der Waals surface area (Å²) in [6.07, 6.45) is 0.961. The fraction of sp³-hybridized carbons (Fsp3) is 0.235. The summed E-state index contributed by atoms with van der Waals surface area (Å²) in [5.74, 6) is 0.765. The molecule has 0 atom stereocenters. The van der Waals surface area contributed by atoms with E-state index in [2.05, 4.69) is 13.0 Å². The van der Waals surface area contributed by atoms with E-state index in [1.165, 1.54) is 5.56 Å². The van der Waals surface area contributed by atoms with E-state index in [4.69, 9.17) is 4.74 Å². The Labute approximate surface area is 114 Å². The molecule has 0 heterocycles. The van der Waals surface area contributed by atoms with Gasteiger partial charge in [0.2, 0.25) is 0 Å². The van der Waals surface area contributed by atoms with Gasteiger partial charge < -0.3 is 4.74 Å². The van der Waals surface area contributed by atoms with Crippen molar-refractivity contribution in [1.29, 1.82) is 0 Å². The van der Waals surface area contributed by atoms with Crippen molar-refractivity contribution in [1.82, 2.24) is 0 Å². The SMILES string of the molecule is CCc1cccc(OCC(=O)c2ccccc2C)c1. The summed E-state index contributed by atoms with van der Waals surface area (Å²) in [7, 11) is 0. The fourth-order valence-corrected chi connectivity index (χ4v) is 1.97. The average molecular weight is 254 g/mol. The van der Waals surface area contributed by atoms with Gasteiger partial charge in [0, 0.05) is 5.56 Å². The molecule has 2 nitrogen and oxygen atoms in total. The lowest BCUT2D eigenvalue weighted by atomic mass is 10.1. The highest BCUT2D eigenvalue weighted by Gasteiger charge is 2.09. The molecular weight excluding hydrogens is 236 g/mol. The standard InChI is InChI=1S/C17H18O2/c1-3-14-8-6-9-15(11-14)19-12-17(18)16-10-5-4-7-13(16)2/h4-11H,3,12H2,1-2H3. The first-order chi connectivity index (χ1) is 9.20. The third kappa shape index (κ3) is 3.44. The number of benzene rings is 2. The number of rotatable bonds is 5. The monoisotopic (exact) mass is 254 g/mol. The van der Waals surface area contributed by atoms with E-state index in [9.17, 15) is 4.79 Å². The molecule has 0 N–H and O–H groups in total. The molecule has 0 fully saturated rings. The van der Waals surface area contributed by atoms with E-state index in [0.717, 1.165) is 23.3 Å². The van der Waals surface area contributed by atoms with Gasteiger partial charge in [-0.2, -0.15) is 0 Å². The highest BCUT2D eigenvalue weighted by molar-refractivity contribution is 5.98. The van der Waals surface area contributed by atoms with Gasteiger partial charge in [-0.25, -0.2) is 0 Å². The number of ether oxygens (including phenoxy) is 1. The Hall–Kier alpha value is -2.09. The summed E-state index contributed by atoms with van der Waals surface area (Å²) in [6, 6.07) is 15.4. The lowest BCUT2D eigenvalue weighted by Crippen LogP contribution is -2.12. The summed E-state index contributed by atoms with van der Waals surface area (Å²) < 4.78 is 5.57. The molecule has 0 aliphatic rings. The summed E-state index contributed by atoms with van der Waals surface area (Å²) in [5, 5.41) is 0. The van der Waals surface area contributed by atoms with Crippen LogP contribution in [0.15, 0.2) is 48.5 Å². The third-order valence-electron chi connectivity index (χ3n) is 3.12. The largest absolute Gasteiger partial charge is 0.485 e. The van der Waals surface area contributed by atoms with E-state index >= 15 is 0 Å². The molecule has 0 unspecified atom stereocenters. The molecule has 0 spiro atoms. The normalized spacial score (nSPS) is 10.2. The van der Waals surface area contributed by atoms with Gasteiger partial charge in [0.25, 0.3) is 0 Å². The van der Waals surface area contributed by atoms with Crippen LogP contribution in [0.1, 0.15) is 28.4 Å². The van der Waals surface area contributed by atoms with Gasteiger partial charge in [-0.1, -0.05) is 43.3 Å². The van der Waals surface area contributed by atoms with Crippen molar-refractivity contribution in [2.45, 2.75) is 20.3 Å². The fourth-order valence-electron chi connectivity index (χ4n) is 1.97. The number of carbonyl (C=O) groups excluding carboxylic acids is 1. The topological polar surface area (TPSA) is 26.3 Å². The van der Waals surface area contributed by atoms with Crippen LogP contribution in [0.3, 0.4) is 0 Å². The molecule has 0 aromatic heterocycles. The van der Waals surface area contributed by atoms with Gasteiger partial charge in [-0.05, 0) is 36.6 Å². The van der Waals surface area contributed by atoms with Crippen LogP contribution >= 0.6 is 0 Å². The lowest BCUT2D eigenvalue weighted by molar-refractivity contribution is 0.0921. The first-order valence-corrected chi connectivity index (χ1v) is 6.51. The first-order valence-electron chi connectivity index (χ1n) is 6.51. The highest BCUT2D eigenvalue weighted by Crippen LogP contribution is 2.15. The van der Waals surface area contributed by atoms with Gasteiger partial charge in [0.05, 0.1) is 0 Å². The van der Waals surface area contributed by atoms with Crippen LogP contribution < -0.4 is 4.74 Å². The van der Waals surface area contributed by atoms with Crippen molar-refractivity contribution in [3.8, 4) is 5.75 Å². The number of Topliss-reactive ketones (excluding diaryl/α,β-unsaturated/α-hetero) is 1. The predicted molar refractivity (Wildman–Crippen MR) is 76.8 cm³/mol. The third-order valence-corrected chi connectivity index (χ3v) is 3.12. The molecule has 2 heteroatoms. The van der Waals surface area contributed by atoms with Gasteiger partial charge in [-0.15, -0.1) is 0 Å². The van der Waals surface area contributed by atoms with E-state index in [-0.39, 0.29) is 12.4 Å². The average Bonchev–Trinajstić information content (AvgIpc) is 2.45. The predicted octanol–water partition coefficient (Wildman–Crippen LogP) is 3.82. The Balaban J connectivity index is 2.02. The second kappa shape index (κ2) is 6.19. The van der Waals surface area contributed by atoms with Crippen molar-refractivity contribution >= 4 is 5.78 Å². The molecule has 2 aromatic rings. The zero-order valence-electron chi connectivity index (χ0n) is 11.3. The Morgan fingerprint density at radius 3 is 2.63 bits per heavy atom. The van der Waals surface area contributed by atoms with Crippen LogP contribution in [0.25, 0.3) is 0 Å². The van der Waals surface area contributed by atoms with Gasteiger partial charge >= 0.3 is 0 Å². The molecule has 0 aliphatic carbocycles. The van der Waals surface area contributed by atoms with Crippen molar-refractivity contribution in [2.24, 2.45) is 0 Å². The van der Waals surface area contributed by atoms with E-state index in [1.54, 1.807) is 0 Å². The smallest absolute Gasteiger partial charge is 0.200 e. The van der Waals surface area contributed by atoms with Crippen molar-refractivity contribution in [3.05, 3.63) is 65.2 Å². The molecule has 0 saturated carbocycles. The van der Waals surface area contributed by atoms with E-state index in [0.29, 0.717) is 0 Å². The molecule has 0 radical (unpaired) electrons. The molecule has 0 amide bonds. The second-order valence-electron chi connectivity index (χ2n) is 4.53. The molecule has 0 bridgehead atoms. The zero-order valence-corrected chi connectivity index (χ0v) is 11.3. The van der Waals surface area contributed by atoms with Gasteiger partial charge in [-0.3, -0.25) is 4.79 Å². The minimum Gasteiger partial charge on any atom is -0.485 e. The summed E-state index contributed by atoms with van der Waals surface area (Å²) >= 11 is 0. The van der Waals surface area contributed by atoms with E-state index in [1.807, 2.05) is 49.4 Å². The molecule has 2 rings (SSSR count). The van der Waals surface area contributed by atoms with Gasteiger partial charge in [0.1, 0.15) is 5.75 Å². The summed E-state index contributed by atoms with van der Waals surface area (Å²) in [6.45, 7) is 4.11. The second-order valence-corrected chi connectivity index (χ2v) is 4.53. The quantitative estimate of drug-likeness (QED) is 0.758. The highest BCUT2D eigenvalue weighted by atomic mass is 16.5. The Morgan fingerprint density at radius 1 is 1.11 bits per heavy atom. The summed E-state index contributed by atoms with van der Waals surface area (Å²) in [5.41, 5.74) is 2.92. The molecule has 0 saturated heterocycles. The van der Waals surface area contributed by atoms with Crippen LogP contribution in [-0.2, 0) is 6.42 Å². The van der Waals surface area contributed by atoms with Crippen molar-refractivity contribution < 1.29 is 9.53 Å². The number of hydrogen-bond acceptors (Lipinski definition) is 2.